The molecule has 0 aliphatic carbocycles. The average Bonchev–Trinajstić information content (AvgIpc) is 1.80. The molecular formula is C4H9O5P. The van der Waals surface area contributed by atoms with Gasteiger partial charge in [0.05, 0.1) is 5.66 Å². The quantitative estimate of drug-likeness (QED) is 0.445. The minimum atomic E-state index is -4.07. The fourth-order valence-electron chi connectivity index (χ4n) is 0.276. The van der Waals surface area contributed by atoms with Gasteiger partial charge in [-0.25, -0.2) is 0 Å². The standard InChI is InChI=1S/C4H9O5P/c1-4(2-9-3-5)10(6,7)8/h3-4H,2H2,1H3,(H2,6,7,8). The third-order valence-corrected chi connectivity index (χ3v) is 2.28. The van der Waals surface area contributed by atoms with Crippen molar-refractivity contribution in [1.29, 1.82) is 0 Å². The summed E-state index contributed by atoms with van der Waals surface area (Å²) < 4.78 is 14.5. The highest BCUT2D eigenvalue weighted by atomic mass is 31.2. The lowest BCUT2D eigenvalue weighted by molar-refractivity contribution is -0.128. The van der Waals surface area contributed by atoms with E-state index < -0.39 is 13.3 Å². The second-order valence-corrected chi connectivity index (χ2v) is 3.93. The second kappa shape index (κ2) is 3.71. The maximum Gasteiger partial charge on any atom is 0.331 e. The molecule has 0 fully saturated rings. The molecule has 10 heavy (non-hydrogen) atoms. The highest BCUT2D eigenvalue weighted by Crippen LogP contribution is 2.40. The molecule has 0 aliphatic heterocycles. The Morgan fingerprint density at radius 3 is 2.50 bits per heavy atom. The van der Waals surface area contributed by atoms with Crippen molar-refractivity contribution in [2.75, 3.05) is 6.61 Å². The zero-order valence-corrected chi connectivity index (χ0v) is 6.32. The van der Waals surface area contributed by atoms with Gasteiger partial charge in [-0.2, -0.15) is 0 Å². The largest absolute Gasteiger partial charge is 0.467 e. The molecular weight excluding hydrogens is 159 g/mol. The highest BCUT2D eigenvalue weighted by Gasteiger charge is 2.23. The summed E-state index contributed by atoms with van der Waals surface area (Å²) >= 11 is 0. The van der Waals surface area contributed by atoms with Crippen LogP contribution in [0.25, 0.3) is 0 Å². The lowest BCUT2D eigenvalue weighted by Gasteiger charge is -2.10. The summed E-state index contributed by atoms with van der Waals surface area (Å²) in [6, 6.07) is 0. The van der Waals surface area contributed by atoms with Gasteiger partial charge in [0.1, 0.15) is 6.61 Å². The van der Waals surface area contributed by atoms with Crippen LogP contribution in [-0.2, 0) is 14.1 Å². The number of hydrogen-bond donors (Lipinski definition) is 2. The molecule has 0 amide bonds. The molecule has 0 heterocycles. The van der Waals surface area contributed by atoms with Crippen LogP contribution in [0, 0.1) is 0 Å². The number of ether oxygens (including phenoxy) is 1. The first-order valence-electron chi connectivity index (χ1n) is 2.59. The fraction of sp³-hybridized carbons (Fsp3) is 0.750. The molecule has 0 rings (SSSR count). The lowest BCUT2D eigenvalue weighted by atomic mass is 10.5. The van der Waals surface area contributed by atoms with E-state index in [1.54, 1.807) is 0 Å². The molecule has 1 atom stereocenters. The van der Waals surface area contributed by atoms with Crippen molar-refractivity contribution in [3.63, 3.8) is 0 Å². The van der Waals surface area contributed by atoms with Crippen molar-refractivity contribution in [3.8, 4) is 0 Å². The SMILES string of the molecule is CC(COC=O)P(=O)(O)O. The van der Waals surface area contributed by atoms with Crippen LogP contribution in [0.3, 0.4) is 0 Å². The van der Waals surface area contributed by atoms with E-state index in [-0.39, 0.29) is 13.1 Å². The molecule has 0 saturated heterocycles. The monoisotopic (exact) mass is 168 g/mol. The van der Waals surface area contributed by atoms with E-state index >= 15 is 0 Å². The summed E-state index contributed by atoms with van der Waals surface area (Å²) in [6.45, 7) is 1.23. The van der Waals surface area contributed by atoms with Crippen molar-refractivity contribution < 1.29 is 23.9 Å². The number of carbonyl (C=O) groups excluding carboxylic acids is 1. The first kappa shape index (κ1) is 9.62. The summed E-state index contributed by atoms with van der Waals surface area (Å²) in [5, 5.41) is 0. The van der Waals surface area contributed by atoms with Gasteiger partial charge in [0.25, 0.3) is 6.47 Å². The van der Waals surface area contributed by atoms with Crippen LogP contribution in [0.4, 0.5) is 0 Å². The van der Waals surface area contributed by atoms with Gasteiger partial charge in [-0.15, -0.1) is 0 Å². The normalized spacial score (nSPS) is 14.3. The molecule has 0 aromatic heterocycles. The molecule has 0 saturated carbocycles. The summed E-state index contributed by atoms with van der Waals surface area (Å²) in [7, 11) is -4.07. The maximum atomic E-state index is 10.3. The molecule has 0 aliphatic rings. The Balaban J connectivity index is 3.73. The predicted octanol–water partition coefficient (Wildman–Crippen LogP) is -0.274. The molecule has 6 heteroatoms. The van der Waals surface area contributed by atoms with Gasteiger partial charge in [0, 0.05) is 0 Å². The van der Waals surface area contributed by atoms with E-state index in [0.29, 0.717) is 0 Å². The smallest absolute Gasteiger partial charge is 0.331 e. The van der Waals surface area contributed by atoms with E-state index in [2.05, 4.69) is 4.74 Å². The Labute approximate surface area is 58.2 Å². The first-order valence-corrected chi connectivity index (χ1v) is 4.27. The van der Waals surface area contributed by atoms with Crippen LogP contribution in [0.5, 0.6) is 0 Å². The average molecular weight is 168 g/mol. The van der Waals surface area contributed by atoms with E-state index in [9.17, 15) is 9.36 Å². The summed E-state index contributed by atoms with van der Waals surface area (Å²) in [5.74, 6) is 0. The Morgan fingerprint density at radius 1 is 1.70 bits per heavy atom. The van der Waals surface area contributed by atoms with Gasteiger partial charge < -0.3 is 14.5 Å². The Morgan fingerprint density at radius 2 is 2.20 bits per heavy atom. The minimum Gasteiger partial charge on any atom is -0.467 e. The van der Waals surface area contributed by atoms with Gasteiger partial charge >= 0.3 is 7.60 Å². The van der Waals surface area contributed by atoms with Crippen LogP contribution < -0.4 is 0 Å². The Kier molecular flexibility index (Phi) is 3.57. The maximum absolute atomic E-state index is 10.3. The first-order chi connectivity index (χ1) is 4.48. The van der Waals surface area contributed by atoms with E-state index in [4.69, 9.17) is 9.79 Å². The zero-order chi connectivity index (χ0) is 8.20. The van der Waals surface area contributed by atoms with Crippen LogP contribution >= 0.6 is 7.60 Å². The summed E-state index contributed by atoms with van der Waals surface area (Å²) in [4.78, 5) is 26.4. The Hall–Kier alpha value is -0.380. The van der Waals surface area contributed by atoms with Crippen LogP contribution in [0.2, 0.25) is 0 Å². The lowest BCUT2D eigenvalue weighted by Crippen LogP contribution is -2.11. The van der Waals surface area contributed by atoms with Crippen molar-refractivity contribution in [2.24, 2.45) is 0 Å². The summed E-state index contributed by atoms with van der Waals surface area (Å²) in [6.07, 6.45) is 0. The zero-order valence-electron chi connectivity index (χ0n) is 5.43. The molecule has 5 nitrogen and oxygen atoms in total. The van der Waals surface area contributed by atoms with E-state index in [0.717, 1.165) is 0 Å². The number of carbonyl (C=O) groups is 1. The minimum absolute atomic E-state index is 0.159. The molecule has 2 N–H and O–H groups in total. The topological polar surface area (TPSA) is 83.8 Å². The van der Waals surface area contributed by atoms with Gasteiger partial charge in [-0.1, -0.05) is 0 Å². The van der Waals surface area contributed by atoms with E-state index in [1.807, 2.05) is 0 Å². The molecule has 0 aromatic carbocycles. The van der Waals surface area contributed by atoms with Crippen molar-refractivity contribution >= 4 is 14.1 Å². The van der Waals surface area contributed by atoms with Gasteiger partial charge in [-0.3, -0.25) is 9.36 Å². The second-order valence-electron chi connectivity index (χ2n) is 1.87. The van der Waals surface area contributed by atoms with E-state index in [1.165, 1.54) is 6.92 Å². The molecule has 60 valence electrons. The number of rotatable bonds is 4. The Bertz CT molecular complexity index is 150. The molecule has 0 aromatic rings. The van der Waals surface area contributed by atoms with Crippen molar-refractivity contribution in [1.82, 2.24) is 0 Å². The molecule has 0 bridgehead atoms. The van der Waals surface area contributed by atoms with Crippen LogP contribution in [0.15, 0.2) is 0 Å². The van der Waals surface area contributed by atoms with Crippen molar-refractivity contribution in [2.45, 2.75) is 12.6 Å². The summed E-state index contributed by atoms with van der Waals surface area (Å²) in [5.41, 5.74) is -0.919. The molecule has 1 unspecified atom stereocenters. The van der Waals surface area contributed by atoms with Gasteiger partial charge in [0.15, 0.2) is 0 Å². The van der Waals surface area contributed by atoms with Crippen LogP contribution in [0.1, 0.15) is 6.92 Å². The highest BCUT2D eigenvalue weighted by molar-refractivity contribution is 7.52. The third-order valence-electron chi connectivity index (χ3n) is 0.980. The fourth-order valence-corrected chi connectivity index (χ4v) is 0.556. The molecule has 0 radical (unpaired) electrons. The van der Waals surface area contributed by atoms with Gasteiger partial charge in [-0.05, 0) is 6.92 Å². The van der Waals surface area contributed by atoms with Crippen LogP contribution in [-0.4, -0.2) is 28.5 Å². The molecule has 0 spiro atoms. The van der Waals surface area contributed by atoms with Gasteiger partial charge in [0.2, 0.25) is 0 Å². The third kappa shape index (κ3) is 3.61. The number of hydrogen-bond acceptors (Lipinski definition) is 3. The van der Waals surface area contributed by atoms with Crippen molar-refractivity contribution in [3.05, 3.63) is 0 Å². The predicted molar refractivity (Wildman–Crippen MR) is 33.5 cm³/mol.